The predicted octanol–water partition coefficient (Wildman–Crippen LogP) is 3.86. The number of hydrogen-bond acceptors (Lipinski definition) is 3. The van der Waals surface area contributed by atoms with Crippen LogP contribution in [0, 0.1) is 0 Å². The molecule has 0 spiro atoms. The number of carbonyl (C=O) groups is 1. The van der Waals surface area contributed by atoms with Gasteiger partial charge in [0.1, 0.15) is 5.75 Å². The van der Waals surface area contributed by atoms with Crippen LogP contribution in [0.4, 0.5) is 0 Å². The molecule has 3 aromatic rings. The summed E-state index contributed by atoms with van der Waals surface area (Å²) < 4.78 is 0. The number of rotatable bonds is 2. The summed E-state index contributed by atoms with van der Waals surface area (Å²) in [7, 11) is 2.01. The SMILES string of the molecule is CN1C/C(=C/c2ccc(O)cc2)C(=O)/C(=C/c2c[nH]c3ccccc23)C1. The van der Waals surface area contributed by atoms with Gasteiger partial charge in [-0.15, -0.1) is 0 Å². The molecule has 2 N–H and O–H groups in total. The van der Waals surface area contributed by atoms with Gasteiger partial charge in [-0.2, -0.15) is 0 Å². The highest BCUT2D eigenvalue weighted by atomic mass is 16.3. The zero-order valence-corrected chi connectivity index (χ0v) is 14.6. The number of aromatic hydroxyl groups is 1. The molecule has 1 aromatic heterocycles. The van der Waals surface area contributed by atoms with E-state index in [1.807, 2.05) is 55.7 Å². The van der Waals surface area contributed by atoms with Crippen LogP contribution in [0.15, 0.2) is 65.9 Å². The summed E-state index contributed by atoms with van der Waals surface area (Å²) in [6, 6.07) is 15.0. The maximum atomic E-state index is 13.0. The maximum absolute atomic E-state index is 13.0. The number of phenolic OH excluding ortho intramolecular Hbond substituents is 1. The second-order valence-corrected chi connectivity index (χ2v) is 6.72. The summed E-state index contributed by atoms with van der Waals surface area (Å²) >= 11 is 0. The Bertz CT molecular complexity index is 1030. The van der Waals surface area contributed by atoms with Crippen LogP contribution in [0.2, 0.25) is 0 Å². The molecule has 0 bridgehead atoms. The Labute approximate surface area is 152 Å². The van der Waals surface area contributed by atoms with Gasteiger partial charge in [-0.3, -0.25) is 9.69 Å². The number of aromatic nitrogens is 1. The lowest BCUT2D eigenvalue weighted by molar-refractivity contribution is -0.113. The summed E-state index contributed by atoms with van der Waals surface area (Å²) in [5.41, 5.74) is 4.55. The minimum Gasteiger partial charge on any atom is -0.508 e. The van der Waals surface area contributed by atoms with Crippen molar-refractivity contribution in [1.82, 2.24) is 9.88 Å². The van der Waals surface area contributed by atoms with Crippen molar-refractivity contribution in [2.75, 3.05) is 20.1 Å². The predicted molar refractivity (Wildman–Crippen MR) is 105 cm³/mol. The number of ketones is 1. The molecule has 2 heterocycles. The third-order valence-corrected chi connectivity index (χ3v) is 4.65. The van der Waals surface area contributed by atoms with E-state index in [2.05, 4.69) is 16.0 Å². The minimum atomic E-state index is 0.0847. The van der Waals surface area contributed by atoms with Crippen LogP contribution in [-0.4, -0.2) is 40.9 Å². The van der Waals surface area contributed by atoms with Gasteiger partial charge in [-0.1, -0.05) is 30.3 Å². The molecule has 4 nitrogen and oxygen atoms in total. The lowest BCUT2D eigenvalue weighted by atomic mass is 9.94. The number of fused-ring (bicyclic) bond motifs is 1. The number of piperidine rings is 1. The van der Waals surface area contributed by atoms with E-state index in [1.54, 1.807) is 12.1 Å². The molecule has 0 unspecified atom stereocenters. The van der Waals surface area contributed by atoms with E-state index in [1.165, 1.54) is 0 Å². The van der Waals surface area contributed by atoms with E-state index < -0.39 is 0 Å². The zero-order valence-electron chi connectivity index (χ0n) is 14.6. The number of hydrogen-bond donors (Lipinski definition) is 2. The smallest absolute Gasteiger partial charge is 0.187 e. The first-order chi connectivity index (χ1) is 12.6. The van der Waals surface area contributed by atoms with Gasteiger partial charge in [-0.05, 0) is 43.0 Å². The van der Waals surface area contributed by atoms with Gasteiger partial charge < -0.3 is 10.1 Å². The van der Waals surface area contributed by atoms with Crippen molar-refractivity contribution in [3.05, 3.63) is 77.0 Å². The van der Waals surface area contributed by atoms with E-state index in [9.17, 15) is 9.90 Å². The number of likely N-dealkylation sites (tertiary alicyclic amines) is 1. The summed E-state index contributed by atoms with van der Waals surface area (Å²) in [5, 5.41) is 10.5. The molecule has 0 atom stereocenters. The van der Waals surface area contributed by atoms with Crippen LogP contribution < -0.4 is 0 Å². The van der Waals surface area contributed by atoms with Gasteiger partial charge in [-0.25, -0.2) is 0 Å². The van der Waals surface area contributed by atoms with Crippen molar-refractivity contribution in [2.45, 2.75) is 0 Å². The lowest BCUT2D eigenvalue weighted by Gasteiger charge is -2.26. The average Bonchev–Trinajstić information content (AvgIpc) is 3.04. The van der Waals surface area contributed by atoms with Crippen LogP contribution in [0.3, 0.4) is 0 Å². The molecule has 0 amide bonds. The van der Waals surface area contributed by atoms with E-state index >= 15 is 0 Å². The molecular weight excluding hydrogens is 324 g/mol. The summed E-state index contributed by atoms with van der Waals surface area (Å²) in [4.78, 5) is 18.4. The number of para-hydroxylation sites is 1. The molecule has 1 aliphatic heterocycles. The van der Waals surface area contributed by atoms with Crippen molar-refractivity contribution in [2.24, 2.45) is 0 Å². The van der Waals surface area contributed by atoms with E-state index in [-0.39, 0.29) is 11.5 Å². The number of benzene rings is 2. The highest BCUT2D eigenvalue weighted by Gasteiger charge is 2.24. The number of nitrogens with one attached hydrogen (secondary N) is 1. The van der Waals surface area contributed by atoms with Crippen LogP contribution in [-0.2, 0) is 4.79 Å². The Kier molecular flexibility index (Phi) is 4.19. The highest BCUT2D eigenvalue weighted by Crippen LogP contribution is 2.25. The normalized spacial score (nSPS) is 18.9. The Hall–Kier alpha value is -3.11. The number of phenols is 1. The molecule has 0 aliphatic carbocycles. The highest BCUT2D eigenvalue weighted by molar-refractivity contribution is 6.15. The minimum absolute atomic E-state index is 0.0847. The third kappa shape index (κ3) is 3.19. The Morgan fingerprint density at radius 2 is 1.69 bits per heavy atom. The second kappa shape index (κ2) is 6.65. The van der Waals surface area contributed by atoms with E-state index in [4.69, 9.17) is 0 Å². The number of aromatic amines is 1. The van der Waals surface area contributed by atoms with Crippen molar-refractivity contribution in [3.63, 3.8) is 0 Å². The van der Waals surface area contributed by atoms with E-state index in [0.29, 0.717) is 13.1 Å². The van der Waals surface area contributed by atoms with Gasteiger partial charge in [0.05, 0.1) is 0 Å². The number of likely N-dealkylation sites (N-methyl/N-ethyl adjacent to an activating group) is 1. The largest absolute Gasteiger partial charge is 0.508 e. The number of H-pyrrole nitrogens is 1. The van der Waals surface area contributed by atoms with Crippen LogP contribution >= 0.6 is 0 Å². The first-order valence-electron chi connectivity index (χ1n) is 8.60. The molecule has 1 aliphatic rings. The summed E-state index contributed by atoms with van der Waals surface area (Å²) in [5.74, 6) is 0.306. The molecule has 130 valence electrons. The molecule has 4 heteroatoms. The molecule has 2 aromatic carbocycles. The topological polar surface area (TPSA) is 56.3 Å². The van der Waals surface area contributed by atoms with Crippen LogP contribution in [0.1, 0.15) is 11.1 Å². The van der Waals surface area contributed by atoms with Crippen molar-refractivity contribution < 1.29 is 9.90 Å². The lowest BCUT2D eigenvalue weighted by Crippen LogP contribution is -2.34. The first kappa shape index (κ1) is 16.4. The van der Waals surface area contributed by atoms with Gasteiger partial charge in [0.25, 0.3) is 0 Å². The van der Waals surface area contributed by atoms with Crippen molar-refractivity contribution in [3.8, 4) is 5.75 Å². The zero-order chi connectivity index (χ0) is 18.1. The third-order valence-electron chi connectivity index (χ3n) is 4.65. The number of nitrogens with zero attached hydrogens (tertiary/aromatic N) is 1. The molecule has 4 rings (SSSR count). The number of carbonyl (C=O) groups excluding carboxylic acids is 1. The van der Waals surface area contributed by atoms with Gasteiger partial charge in [0.2, 0.25) is 0 Å². The summed E-state index contributed by atoms with van der Waals surface area (Å²) in [6.45, 7) is 1.25. The summed E-state index contributed by atoms with van der Waals surface area (Å²) in [6.07, 6.45) is 5.84. The monoisotopic (exact) mass is 344 g/mol. The molecule has 26 heavy (non-hydrogen) atoms. The molecule has 1 fully saturated rings. The van der Waals surface area contributed by atoms with Gasteiger partial charge in [0.15, 0.2) is 5.78 Å². The standard InChI is InChI=1S/C22H20N2O2/c1-24-13-17(10-15-6-8-19(25)9-7-15)22(26)18(14-24)11-16-12-23-21-5-3-2-4-20(16)21/h2-12,23,25H,13-14H2,1H3/b17-10-,18-11+. The van der Waals surface area contributed by atoms with Crippen molar-refractivity contribution in [1.29, 1.82) is 0 Å². The average molecular weight is 344 g/mol. The Balaban J connectivity index is 1.70. The molecule has 0 radical (unpaired) electrons. The van der Waals surface area contributed by atoms with E-state index in [0.717, 1.165) is 33.2 Å². The molecule has 0 saturated carbocycles. The van der Waals surface area contributed by atoms with Crippen LogP contribution in [0.25, 0.3) is 23.1 Å². The van der Waals surface area contributed by atoms with Gasteiger partial charge in [0, 0.05) is 46.9 Å². The second-order valence-electron chi connectivity index (χ2n) is 6.72. The maximum Gasteiger partial charge on any atom is 0.187 e. The fraction of sp³-hybridized carbons (Fsp3) is 0.136. The fourth-order valence-electron chi connectivity index (χ4n) is 3.38. The first-order valence-corrected chi connectivity index (χ1v) is 8.60. The Morgan fingerprint density at radius 1 is 1.00 bits per heavy atom. The molecule has 1 saturated heterocycles. The quantitative estimate of drug-likeness (QED) is 0.694. The van der Waals surface area contributed by atoms with Crippen molar-refractivity contribution >= 4 is 28.8 Å². The fourth-order valence-corrected chi connectivity index (χ4v) is 3.38. The Morgan fingerprint density at radius 3 is 2.46 bits per heavy atom. The van der Waals surface area contributed by atoms with Gasteiger partial charge >= 0.3 is 0 Å². The van der Waals surface area contributed by atoms with Crippen LogP contribution in [0.5, 0.6) is 5.75 Å². The number of Topliss-reactive ketones (excluding diaryl/α,β-unsaturated/α-hetero) is 1. The molecular formula is C22H20N2O2.